The summed E-state index contributed by atoms with van der Waals surface area (Å²) in [5, 5.41) is 9.23. The summed E-state index contributed by atoms with van der Waals surface area (Å²) in [5.74, 6) is -1.68. The van der Waals surface area contributed by atoms with Crippen molar-refractivity contribution < 1.29 is 13.6 Å². The first-order valence-electron chi connectivity index (χ1n) is 8.48. The molecule has 1 aliphatic heterocycles. The number of carbonyl (C=O) groups is 1. The Morgan fingerprint density at radius 2 is 1.58 bits per heavy atom. The van der Waals surface area contributed by atoms with Crippen molar-refractivity contribution in [2.45, 2.75) is 30.8 Å². The van der Waals surface area contributed by atoms with E-state index in [1.54, 1.807) is 24.3 Å². The maximum Gasteiger partial charge on any atom is 0.241 e. The summed E-state index contributed by atoms with van der Waals surface area (Å²) in [6.07, 6.45) is 1.39. The van der Waals surface area contributed by atoms with Gasteiger partial charge in [-0.15, -0.1) is 0 Å². The molecule has 1 unspecified atom stereocenters. The molecule has 2 aromatic carbocycles. The van der Waals surface area contributed by atoms with Crippen LogP contribution < -0.4 is 5.73 Å². The van der Waals surface area contributed by atoms with Crippen LogP contribution in [0.4, 0.5) is 8.78 Å². The van der Waals surface area contributed by atoms with E-state index in [2.05, 4.69) is 6.07 Å². The number of carbonyl (C=O) groups excluding carboxylic acids is 1. The zero-order valence-electron chi connectivity index (χ0n) is 14.1. The van der Waals surface area contributed by atoms with Gasteiger partial charge < -0.3 is 10.6 Å². The normalized spacial score (nSPS) is 18.0. The molecule has 2 aromatic rings. The van der Waals surface area contributed by atoms with Gasteiger partial charge in [0.05, 0.1) is 12.1 Å². The SMILES string of the molecule is N#CC1CCCN1C(=O)[C@@H](N)C(c1ccc(F)cc1)c1ccc(F)cc1. The fraction of sp³-hybridized carbons (Fsp3) is 0.300. The molecule has 1 aliphatic rings. The first kappa shape index (κ1) is 18.0. The molecule has 26 heavy (non-hydrogen) atoms. The van der Waals surface area contributed by atoms with Gasteiger partial charge in [-0.1, -0.05) is 24.3 Å². The molecule has 0 radical (unpaired) electrons. The van der Waals surface area contributed by atoms with Crippen molar-refractivity contribution in [3.8, 4) is 6.07 Å². The Morgan fingerprint density at radius 1 is 1.08 bits per heavy atom. The first-order chi connectivity index (χ1) is 12.5. The maximum absolute atomic E-state index is 13.3. The van der Waals surface area contributed by atoms with Crippen LogP contribution in [0.15, 0.2) is 48.5 Å². The minimum absolute atomic E-state index is 0.326. The van der Waals surface area contributed by atoms with Crippen molar-refractivity contribution in [3.63, 3.8) is 0 Å². The van der Waals surface area contributed by atoms with E-state index in [1.807, 2.05) is 0 Å². The second-order valence-corrected chi connectivity index (χ2v) is 6.43. The van der Waals surface area contributed by atoms with Gasteiger partial charge in [-0.3, -0.25) is 4.79 Å². The Morgan fingerprint density at radius 3 is 2.04 bits per heavy atom. The zero-order chi connectivity index (χ0) is 18.7. The van der Waals surface area contributed by atoms with Crippen molar-refractivity contribution in [2.24, 2.45) is 5.73 Å². The van der Waals surface area contributed by atoms with Crippen LogP contribution in [-0.2, 0) is 4.79 Å². The van der Waals surface area contributed by atoms with Gasteiger partial charge in [-0.2, -0.15) is 5.26 Å². The Balaban J connectivity index is 1.97. The summed E-state index contributed by atoms with van der Waals surface area (Å²) in [5.41, 5.74) is 7.63. The van der Waals surface area contributed by atoms with Gasteiger partial charge in [0, 0.05) is 12.5 Å². The molecule has 0 aliphatic carbocycles. The highest BCUT2D eigenvalue weighted by molar-refractivity contribution is 5.84. The molecule has 1 fully saturated rings. The number of likely N-dealkylation sites (tertiary alicyclic amines) is 1. The fourth-order valence-electron chi connectivity index (χ4n) is 3.45. The van der Waals surface area contributed by atoms with E-state index in [0.29, 0.717) is 24.1 Å². The molecule has 0 saturated carbocycles. The molecular formula is C20H19F2N3O. The van der Waals surface area contributed by atoms with E-state index in [4.69, 9.17) is 5.73 Å². The third-order valence-electron chi connectivity index (χ3n) is 4.79. The van der Waals surface area contributed by atoms with Crippen molar-refractivity contribution in [1.29, 1.82) is 5.26 Å². The van der Waals surface area contributed by atoms with Gasteiger partial charge >= 0.3 is 0 Å². The average molecular weight is 355 g/mol. The topological polar surface area (TPSA) is 70.1 Å². The first-order valence-corrected chi connectivity index (χ1v) is 8.48. The maximum atomic E-state index is 13.3. The van der Waals surface area contributed by atoms with E-state index in [9.17, 15) is 18.8 Å². The van der Waals surface area contributed by atoms with Crippen LogP contribution in [-0.4, -0.2) is 29.4 Å². The molecule has 0 bridgehead atoms. The Kier molecular flexibility index (Phi) is 5.29. The Labute approximate surface area is 150 Å². The van der Waals surface area contributed by atoms with Crippen LogP contribution in [0.5, 0.6) is 0 Å². The lowest BCUT2D eigenvalue weighted by molar-refractivity contribution is -0.132. The highest BCUT2D eigenvalue weighted by Gasteiger charge is 2.36. The predicted molar refractivity (Wildman–Crippen MR) is 93.0 cm³/mol. The number of hydrogen-bond acceptors (Lipinski definition) is 3. The van der Waals surface area contributed by atoms with E-state index < -0.39 is 29.6 Å². The van der Waals surface area contributed by atoms with E-state index in [-0.39, 0.29) is 5.91 Å². The van der Waals surface area contributed by atoms with Crippen molar-refractivity contribution >= 4 is 5.91 Å². The zero-order valence-corrected chi connectivity index (χ0v) is 14.1. The lowest BCUT2D eigenvalue weighted by atomic mass is 9.84. The summed E-state index contributed by atoms with van der Waals surface area (Å²) in [7, 11) is 0. The van der Waals surface area contributed by atoms with Gasteiger partial charge in [0.1, 0.15) is 17.7 Å². The average Bonchev–Trinajstić information content (AvgIpc) is 3.13. The third-order valence-corrected chi connectivity index (χ3v) is 4.79. The smallest absolute Gasteiger partial charge is 0.241 e. The highest BCUT2D eigenvalue weighted by Crippen LogP contribution is 2.30. The summed E-state index contributed by atoms with van der Waals surface area (Å²) in [4.78, 5) is 14.4. The van der Waals surface area contributed by atoms with Crippen molar-refractivity contribution in [1.82, 2.24) is 4.90 Å². The van der Waals surface area contributed by atoms with Crippen LogP contribution in [0.2, 0.25) is 0 Å². The van der Waals surface area contributed by atoms with E-state index in [1.165, 1.54) is 29.2 Å². The molecule has 134 valence electrons. The minimum Gasteiger partial charge on any atom is -0.325 e. The molecule has 4 nitrogen and oxygen atoms in total. The monoisotopic (exact) mass is 355 g/mol. The fourth-order valence-corrected chi connectivity index (χ4v) is 3.45. The highest BCUT2D eigenvalue weighted by atomic mass is 19.1. The van der Waals surface area contributed by atoms with Crippen LogP contribution in [0.3, 0.4) is 0 Å². The number of hydrogen-bond donors (Lipinski definition) is 1. The van der Waals surface area contributed by atoms with Gasteiger partial charge in [0.25, 0.3) is 0 Å². The molecule has 0 aromatic heterocycles. The number of benzene rings is 2. The standard InChI is InChI=1S/C20H19F2N3O/c21-15-7-3-13(4-8-15)18(14-5-9-16(22)10-6-14)19(24)20(26)25-11-1-2-17(25)12-23/h3-10,17-19H,1-2,11,24H2/t17?,19-/m0/s1. The summed E-state index contributed by atoms with van der Waals surface area (Å²) in [6.45, 7) is 0.490. The van der Waals surface area contributed by atoms with Crippen LogP contribution in [0, 0.1) is 23.0 Å². The minimum atomic E-state index is -0.958. The number of rotatable bonds is 4. The van der Waals surface area contributed by atoms with E-state index >= 15 is 0 Å². The van der Waals surface area contributed by atoms with Crippen LogP contribution in [0.25, 0.3) is 0 Å². The van der Waals surface area contributed by atoms with Crippen LogP contribution >= 0.6 is 0 Å². The van der Waals surface area contributed by atoms with Crippen LogP contribution in [0.1, 0.15) is 29.9 Å². The second kappa shape index (κ2) is 7.63. The number of amides is 1. The van der Waals surface area contributed by atoms with Crippen molar-refractivity contribution in [3.05, 3.63) is 71.3 Å². The molecule has 1 saturated heterocycles. The lowest BCUT2D eigenvalue weighted by Crippen LogP contribution is -2.48. The molecular weight excluding hydrogens is 336 g/mol. The number of halogens is 2. The Hall–Kier alpha value is -2.78. The molecule has 6 heteroatoms. The molecule has 1 amide bonds. The van der Waals surface area contributed by atoms with E-state index in [0.717, 1.165) is 6.42 Å². The quantitative estimate of drug-likeness (QED) is 0.917. The lowest BCUT2D eigenvalue weighted by Gasteiger charge is -2.29. The summed E-state index contributed by atoms with van der Waals surface area (Å²) in [6, 6.07) is 12.2. The number of nitrogens with two attached hydrogens (primary N) is 1. The van der Waals surface area contributed by atoms with Gasteiger partial charge in [0.15, 0.2) is 0 Å². The molecule has 3 rings (SSSR count). The van der Waals surface area contributed by atoms with Gasteiger partial charge in [-0.25, -0.2) is 8.78 Å². The third kappa shape index (κ3) is 3.58. The number of nitriles is 1. The molecule has 0 spiro atoms. The number of nitrogens with zero attached hydrogens (tertiary/aromatic N) is 2. The summed E-state index contributed by atoms with van der Waals surface area (Å²) < 4.78 is 26.6. The second-order valence-electron chi connectivity index (χ2n) is 6.43. The molecule has 1 heterocycles. The van der Waals surface area contributed by atoms with Gasteiger partial charge in [0.2, 0.25) is 5.91 Å². The van der Waals surface area contributed by atoms with Gasteiger partial charge in [-0.05, 0) is 48.2 Å². The molecule has 2 N–H and O–H groups in total. The van der Waals surface area contributed by atoms with Crippen molar-refractivity contribution in [2.75, 3.05) is 6.54 Å². The predicted octanol–water partition coefficient (Wildman–Crippen LogP) is 2.94. The Bertz CT molecular complexity index is 769. The largest absolute Gasteiger partial charge is 0.325 e. The summed E-state index contributed by atoms with van der Waals surface area (Å²) >= 11 is 0. The molecule has 2 atom stereocenters.